The van der Waals surface area contributed by atoms with Crippen molar-refractivity contribution in [2.24, 2.45) is 5.92 Å². The summed E-state index contributed by atoms with van der Waals surface area (Å²) < 4.78 is 12.7. The number of ether oxygens (including phenoxy) is 1. The fraction of sp³-hybridized carbons (Fsp3) is 0.448. The summed E-state index contributed by atoms with van der Waals surface area (Å²) in [7, 11) is -2.82. The Kier molecular flexibility index (Phi) is 8.07. The van der Waals surface area contributed by atoms with Crippen LogP contribution in [-0.4, -0.2) is 43.5 Å². The number of benzene rings is 2. The molecule has 0 radical (unpaired) electrons. The maximum absolute atomic E-state index is 13.1. The normalized spacial score (nSPS) is 19.0. The molecule has 0 aliphatic carbocycles. The maximum atomic E-state index is 13.1. The smallest absolute Gasteiger partial charge is 0.417 e. The molecule has 2 aromatic carbocycles. The van der Waals surface area contributed by atoms with Crippen LogP contribution in [0.25, 0.3) is 0 Å². The van der Waals surface area contributed by atoms with E-state index in [0.29, 0.717) is 6.42 Å². The molecule has 2 amide bonds. The van der Waals surface area contributed by atoms with Crippen LogP contribution in [0.15, 0.2) is 73.3 Å². The highest BCUT2D eigenvalue weighted by Crippen LogP contribution is 2.38. The van der Waals surface area contributed by atoms with Gasteiger partial charge < -0.3 is 9.16 Å². The average Bonchev–Trinajstić information content (AvgIpc) is 3.09. The van der Waals surface area contributed by atoms with Crippen LogP contribution in [0.4, 0.5) is 4.79 Å². The minimum atomic E-state index is -2.82. The Morgan fingerprint density at radius 1 is 1.00 bits per heavy atom. The zero-order valence-electron chi connectivity index (χ0n) is 21.9. The highest BCUT2D eigenvalue weighted by atomic mass is 28.4. The van der Waals surface area contributed by atoms with Crippen molar-refractivity contribution < 1.29 is 18.8 Å². The topological polar surface area (TPSA) is 55.8 Å². The van der Waals surface area contributed by atoms with Crippen LogP contribution >= 0.6 is 0 Å². The fourth-order valence-electron chi connectivity index (χ4n) is 5.04. The maximum Gasteiger partial charge on any atom is 0.417 e. The van der Waals surface area contributed by atoms with E-state index < -0.39 is 26.1 Å². The first-order valence-electron chi connectivity index (χ1n) is 12.3. The van der Waals surface area contributed by atoms with E-state index in [0.717, 1.165) is 10.4 Å². The van der Waals surface area contributed by atoms with Gasteiger partial charge in [0.1, 0.15) is 5.60 Å². The Morgan fingerprint density at radius 3 is 1.94 bits per heavy atom. The molecule has 6 heteroatoms. The fourth-order valence-corrected chi connectivity index (χ4v) is 9.62. The molecule has 2 aromatic rings. The van der Waals surface area contributed by atoms with Gasteiger partial charge in [-0.05, 0) is 48.5 Å². The molecule has 188 valence electrons. The lowest BCUT2D eigenvalue weighted by atomic mass is 9.97. The molecule has 0 spiro atoms. The zero-order chi connectivity index (χ0) is 25.9. The molecule has 0 bridgehead atoms. The highest BCUT2D eigenvalue weighted by molar-refractivity contribution is 6.99. The summed E-state index contributed by atoms with van der Waals surface area (Å²) >= 11 is 0. The van der Waals surface area contributed by atoms with E-state index in [1.807, 2.05) is 42.5 Å². The third kappa shape index (κ3) is 5.76. The number of carbonyl (C=O) groups excluding carboxylic acids is 2. The van der Waals surface area contributed by atoms with Gasteiger partial charge in [-0.15, -0.1) is 6.58 Å². The Balaban J connectivity index is 2.06. The summed E-state index contributed by atoms with van der Waals surface area (Å²) in [4.78, 5) is 27.4. The van der Waals surface area contributed by atoms with Gasteiger partial charge >= 0.3 is 6.09 Å². The first-order chi connectivity index (χ1) is 16.4. The van der Waals surface area contributed by atoms with Crippen molar-refractivity contribution in [1.29, 1.82) is 0 Å². The molecule has 0 N–H and O–H groups in total. The number of rotatable bonds is 7. The van der Waals surface area contributed by atoms with Gasteiger partial charge in [-0.25, -0.2) is 9.69 Å². The Bertz CT molecular complexity index is 985. The van der Waals surface area contributed by atoms with Crippen LogP contribution in [0.5, 0.6) is 0 Å². The molecule has 1 aliphatic rings. The molecular weight excluding hydrogens is 454 g/mol. The molecule has 1 heterocycles. The van der Waals surface area contributed by atoms with E-state index in [2.05, 4.69) is 51.6 Å². The van der Waals surface area contributed by atoms with Crippen LogP contribution in [0, 0.1) is 5.92 Å². The number of likely N-dealkylation sites (tertiary alicyclic amines) is 1. The summed E-state index contributed by atoms with van der Waals surface area (Å²) in [5.41, 5.74) is -0.697. The molecule has 0 saturated carbocycles. The molecule has 1 saturated heterocycles. The lowest BCUT2D eigenvalue weighted by Crippen LogP contribution is -2.67. The largest absolute Gasteiger partial charge is 0.443 e. The third-order valence-electron chi connectivity index (χ3n) is 6.53. The second kappa shape index (κ2) is 10.5. The average molecular weight is 494 g/mol. The summed E-state index contributed by atoms with van der Waals surface area (Å²) in [5.74, 6) is -0.284. The van der Waals surface area contributed by atoms with Crippen LogP contribution in [0.1, 0.15) is 54.4 Å². The number of allylic oxidation sites excluding steroid dienone is 1. The van der Waals surface area contributed by atoms with Crippen molar-refractivity contribution in [1.82, 2.24) is 4.90 Å². The highest BCUT2D eigenvalue weighted by Gasteiger charge is 2.52. The molecule has 1 fully saturated rings. The van der Waals surface area contributed by atoms with Gasteiger partial charge in [-0.3, -0.25) is 4.79 Å². The van der Waals surface area contributed by atoms with E-state index >= 15 is 0 Å². The minimum Gasteiger partial charge on any atom is -0.443 e. The first kappa shape index (κ1) is 26.9. The Labute approximate surface area is 211 Å². The summed E-state index contributed by atoms with van der Waals surface area (Å²) in [5, 5.41) is 2.11. The number of amides is 2. The minimum absolute atomic E-state index is 0.0641. The van der Waals surface area contributed by atoms with Crippen LogP contribution in [0.3, 0.4) is 0 Å². The third-order valence-corrected chi connectivity index (χ3v) is 11.5. The van der Waals surface area contributed by atoms with Gasteiger partial charge in [-0.2, -0.15) is 0 Å². The number of nitrogens with zero attached hydrogens (tertiary/aromatic N) is 1. The predicted octanol–water partition coefficient (Wildman–Crippen LogP) is 5.29. The lowest BCUT2D eigenvalue weighted by molar-refractivity contribution is -0.128. The number of carbonyl (C=O) groups is 2. The van der Waals surface area contributed by atoms with Crippen molar-refractivity contribution in [3.05, 3.63) is 73.3 Å². The van der Waals surface area contributed by atoms with Crippen LogP contribution in [-0.2, 0) is 14.0 Å². The van der Waals surface area contributed by atoms with Gasteiger partial charge in [0.2, 0.25) is 5.91 Å². The standard InChI is InChI=1S/C29H39NO4Si/c1-8-15-22-20-26(31)30(27(32)34-28(2,3)4)25(22)21-33-35(29(5,6)7,23-16-11-9-12-17-23)24-18-13-10-14-19-24/h8-14,16-19,22,25H,1,15,20-21H2,2-7H3/t22-,25+/m1/s1. The molecule has 0 unspecified atom stereocenters. The summed E-state index contributed by atoms with van der Waals surface area (Å²) in [6, 6.07) is 20.3. The summed E-state index contributed by atoms with van der Waals surface area (Å²) in [6.07, 6.45) is 2.11. The number of imide groups is 1. The second-order valence-corrected chi connectivity index (χ2v) is 15.6. The monoisotopic (exact) mass is 493 g/mol. The molecule has 35 heavy (non-hydrogen) atoms. The van der Waals surface area contributed by atoms with Crippen molar-refractivity contribution in [3.8, 4) is 0 Å². The van der Waals surface area contributed by atoms with Gasteiger partial charge in [-0.1, -0.05) is 87.5 Å². The molecular formula is C29H39NO4Si. The van der Waals surface area contributed by atoms with Crippen LogP contribution < -0.4 is 10.4 Å². The number of hydrogen-bond donors (Lipinski definition) is 0. The van der Waals surface area contributed by atoms with E-state index in [4.69, 9.17) is 9.16 Å². The van der Waals surface area contributed by atoms with E-state index in [1.54, 1.807) is 20.8 Å². The molecule has 3 rings (SSSR count). The Morgan fingerprint density at radius 2 is 1.51 bits per heavy atom. The summed E-state index contributed by atoms with van der Waals surface area (Å²) in [6.45, 7) is 16.2. The SMILES string of the molecule is C=CC[C@@H]1CC(=O)N(C(=O)OC(C)(C)C)[C@H]1CO[Si](c1ccccc1)(c1ccccc1)C(C)(C)C. The van der Waals surface area contributed by atoms with Crippen molar-refractivity contribution in [2.45, 2.75) is 71.1 Å². The van der Waals surface area contributed by atoms with Gasteiger partial charge in [0.05, 0.1) is 12.6 Å². The molecule has 0 aromatic heterocycles. The van der Waals surface area contributed by atoms with E-state index in [9.17, 15) is 9.59 Å². The van der Waals surface area contributed by atoms with Crippen molar-refractivity contribution in [2.75, 3.05) is 6.61 Å². The van der Waals surface area contributed by atoms with Gasteiger partial charge in [0.25, 0.3) is 8.32 Å². The zero-order valence-corrected chi connectivity index (χ0v) is 22.9. The second-order valence-electron chi connectivity index (χ2n) is 11.3. The molecule has 1 aliphatic heterocycles. The first-order valence-corrected chi connectivity index (χ1v) is 14.2. The predicted molar refractivity (Wildman–Crippen MR) is 143 cm³/mol. The van der Waals surface area contributed by atoms with Crippen LogP contribution in [0.2, 0.25) is 5.04 Å². The molecule has 5 nitrogen and oxygen atoms in total. The molecule has 2 atom stereocenters. The van der Waals surface area contributed by atoms with Gasteiger partial charge in [0.15, 0.2) is 0 Å². The van der Waals surface area contributed by atoms with E-state index in [-0.39, 0.29) is 29.9 Å². The van der Waals surface area contributed by atoms with E-state index in [1.165, 1.54) is 4.90 Å². The Hall–Kier alpha value is -2.70. The van der Waals surface area contributed by atoms with Crippen molar-refractivity contribution in [3.63, 3.8) is 0 Å². The van der Waals surface area contributed by atoms with Crippen molar-refractivity contribution >= 4 is 30.7 Å². The number of hydrogen-bond acceptors (Lipinski definition) is 4. The lowest BCUT2D eigenvalue weighted by Gasteiger charge is -2.44. The van der Waals surface area contributed by atoms with Gasteiger partial charge in [0, 0.05) is 6.42 Å². The quantitative estimate of drug-likeness (QED) is 0.388.